The molecule has 0 radical (unpaired) electrons. The zero-order chi connectivity index (χ0) is 11.0. The molecule has 0 aromatic carbocycles. The molecule has 0 saturated carbocycles. The van der Waals surface area contributed by atoms with Crippen LogP contribution in [0.4, 0.5) is 0 Å². The Hall–Kier alpha value is -1.35. The van der Waals surface area contributed by atoms with Gasteiger partial charge in [0, 0.05) is 29.7 Å². The van der Waals surface area contributed by atoms with Crippen molar-refractivity contribution >= 4 is 11.0 Å². The Morgan fingerprint density at radius 1 is 1.56 bits per heavy atom. The van der Waals surface area contributed by atoms with Crippen LogP contribution in [0, 0.1) is 0 Å². The first-order chi connectivity index (χ1) is 7.86. The summed E-state index contributed by atoms with van der Waals surface area (Å²) in [5.41, 5.74) is 2.37. The predicted octanol–water partition coefficient (Wildman–Crippen LogP) is 2.37. The van der Waals surface area contributed by atoms with Gasteiger partial charge in [0.25, 0.3) is 0 Å². The van der Waals surface area contributed by atoms with E-state index in [9.17, 15) is 0 Å². The Morgan fingerprint density at radius 3 is 3.25 bits per heavy atom. The van der Waals surface area contributed by atoms with E-state index in [2.05, 4.69) is 33.9 Å². The monoisotopic (exact) mass is 215 g/mol. The number of nitrogens with zero attached hydrogens (tertiary/aromatic N) is 2. The molecule has 0 aliphatic carbocycles. The first kappa shape index (κ1) is 9.85. The number of H-pyrrole nitrogens is 1. The average Bonchev–Trinajstić information content (AvgIpc) is 2.95. The van der Waals surface area contributed by atoms with Gasteiger partial charge in [-0.3, -0.25) is 0 Å². The van der Waals surface area contributed by atoms with Crippen LogP contribution in [0.5, 0.6) is 0 Å². The van der Waals surface area contributed by atoms with Crippen molar-refractivity contribution in [3.05, 3.63) is 30.1 Å². The molecule has 3 heteroatoms. The minimum Gasteiger partial charge on any atom is -0.343 e. The number of nitrogens with one attached hydrogen (secondary N) is 1. The van der Waals surface area contributed by atoms with E-state index in [1.54, 1.807) is 0 Å². The lowest BCUT2D eigenvalue weighted by molar-refractivity contribution is 0.353. The van der Waals surface area contributed by atoms with Crippen molar-refractivity contribution < 1.29 is 0 Å². The van der Waals surface area contributed by atoms with Crippen LogP contribution in [0.3, 0.4) is 0 Å². The van der Waals surface area contributed by atoms with Gasteiger partial charge in [0.1, 0.15) is 5.65 Å². The third kappa shape index (κ3) is 1.61. The smallest absolute Gasteiger partial charge is 0.137 e. The van der Waals surface area contributed by atoms with Gasteiger partial charge in [-0.15, -0.1) is 0 Å². The van der Waals surface area contributed by atoms with Crippen LogP contribution in [0.1, 0.15) is 25.0 Å². The van der Waals surface area contributed by atoms with E-state index in [4.69, 9.17) is 0 Å². The van der Waals surface area contributed by atoms with Gasteiger partial charge in [-0.25, -0.2) is 4.98 Å². The van der Waals surface area contributed by atoms with Gasteiger partial charge in [-0.1, -0.05) is 6.92 Å². The highest BCUT2D eigenvalue weighted by Crippen LogP contribution is 2.28. The lowest BCUT2D eigenvalue weighted by atomic mass is 10.1. The molecule has 0 spiro atoms. The molecule has 1 N–H and O–H groups in total. The van der Waals surface area contributed by atoms with Gasteiger partial charge in [0.05, 0.1) is 0 Å². The summed E-state index contributed by atoms with van der Waals surface area (Å²) in [4.78, 5) is 10.3. The van der Waals surface area contributed by atoms with Crippen molar-refractivity contribution in [2.45, 2.75) is 19.3 Å². The van der Waals surface area contributed by atoms with Crippen LogP contribution in [-0.2, 0) is 0 Å². The SMILES string of the molecule is CCN1CC[C@H](c2cc3cccnc3[nH]2)C1. The first-order valence-corrected chi connectivity index (χ1v) is 6.03. The summed E-state index contributed by atoms with van der Waals surface area (Å²) in [6.45, 7) is 5.80. The summed E-state index contributed by atoms with van der Waals surface area (Å²) in [6, 6.07) is 6.37. The highest BCUT2D eigenvalue weighted by Gasteiger charge is 2.23. The molecule has 0 bridgehead atoms. The maximum atomic E-state index is 4.34. The quantitative estimate of drug-likeness (QED) is 0.834. The molecule has 2 aromatic rings. The van der Waals surface area contributed by atoms with E-state index in [0.717, 1.165) is 12.2 Å². The van der Waals surface area contributed by atoms with Gasteiger partial charge in [0.15, 0.2) is 0 Å². The van der Waals surface area contributed by atoms with E-state index in [1.807, 2.05) is 12.3 Å². The molecule has 0 unspecified atom stereocenters. The molecule has 1 atom stereocenters. The summed E-state index contributed by atoms with van der Waals surface area (Å²) in [5, 5.41) is 1.23. The minimum absolute atomic E-state index is 0.661. The molecule has 3 nitrogen and oxygen atoms in total. The third-order valence-electron chi connectivity index (χ3n) is 3.57. The highest BCUT2D eigenvalue weighted by atomic mass is 15.1. The molecule has 1 saturated heterocycles. The fraction of sp³-hybridized carbons (Fsp3) is 0.462. The summed E-state index contributed by atoms with van der Waals surface area (Å²) in [5.74, 6) is 0.661. The van der Waals surface area contributed by atoms with Crippen LogP contribution in [0.2, 0.25) is 0 Å². The fourth-order valence-corrected chi connectivity index (χ4v) is 2.57. The minimum atomic E-state index is 0.661. The van der Waals surface area contributed by atoms with Crippen molar-refractivity contribution in [2.75, 3.05) is 19.6 Å². The second-order valence-electron chi connectivity index (χ2n) is 4.54. The number of rotatable bonds is 2. The van der Waals surface area contributed by atoms with Gasteiger partial charge >= 0.3 is 0 Å². The normalized spacial score (nSPS) is 21.9. The maximum absolute atomic E-state index is 4.34. The van der Waals surface area contributed by atoms with E-state index in [0.29, 0.717) is 5.92 Å². The highest BCUT2D eigenvalue weighted by molar-refractivity contribution is 5.76. The molecule has 1 aliphatic rings. The third-order valence-corrected chi connectivity index (χ3v) is 3.57. The van der Waals surface area contributed by atoms with Crippen LogP contribution >= 0.6 is 0 Å². The molecule has 84 valence electrons. The zero-order valence-corrected chi connectivity index (χ0v) is 9.61. The Balaban J connectivity index is 1.89. The Morgan fingerprint density at radius 2 is 2.50 bits per heavy atom. The van der Waals surface area contributed by atoms with Gasteiger partial charge < -0.3 is 9.88 Å². The Kier molecular flexibility index (Phi) is 2.40. The zero-order valence-electron chi connectivity index (χ0n) is 9.61. The number of likely N-dealkylation sites (N-methyl/N-ethyl adjacent to an activating group) is 1. The van der Waals surface area contributed by atoms with Crippen molar-refractivity contribution in [1.82, 2.24) is 14.9 Å². The lowest BCUT2D eigenvalue weighted by Gasteiger charge is -2.11. The number of hydrogen-bond donors (Lipinski definition) is 1. The van der Waals surface area contributed by atoms with E-state index in [1.165, 1.54) is 30.6 Å². The topological polar surface area (TPSA) is 31.9 Å². The van der Waals surface area contributed by atoms with Crippen LogP contribution in [0.15, 0.2) is 24.4 Å². The van der Waals surface area contributed by atoms with E-state index < -0.39 is 0 Å². The van der Waals surface area contributed by atoms with E-state index >= 15 is 0 Å². The lowest BCUT2D eigenvalue weighted by Crippen LogP contribution is -2.19. The summed E-state index contributed by atoms with van der Waals surface area (Å²) >= 11 is 0. The predicted molar refractivity (Wildman–Crippen MR) is 65.6 cm³/mol. The standard InChI is InChI=1S/C13H17N3/c1-2-16-7-5-11(9-16)12-8-10-4-3-6-14-13(10)15-12/h3-4,6,8,11H,2,5,7,9H2,1H3,(H,14,15)/t11-/m0/s1. The van der Waals surface area contributed by atoms with E-state index in [-0.39, 0.29) is 0 Å². The molecular formula is C13H17N3. The number of hydrogen-bond acceptors (Lipinski definition) is 2. The van der Waals surface area contributed by atoms with Crippen LogP contribution in [-0.4, -0.2) is 34.5 Å². The van der Waals surface area contributed by atoms with Gasteiger partial charge in [-0.2, -0.15) is 0 Å². The van der Waals surface area contributed by atoms with Gasteiger partial charge in [0.2, 0.25) is 0 Å². The van der Waals surface area contributed by atoms with Crippen molar-refractivity contribution in [2.24, 2.45) is 0 Å². The Bertz CT molecular complexity index is 456. The largest absolute Gasteiger partial charge is 0.343 e. The van der Waals surface area contributed by atoms with Crippen molar-refractivity contribution in [1.29, 1.82) is 0 Å². The molecule has 16 heavy (non-hydrogen) atoms. The number of aromatic amines is 1. The first-order valence-electron chi connectivity index (χ1n) is 6.03. The molecule has 1 fully saturated rings. The average molecular weight is 215 g/mol. The Labute approximate surface area is 95.5 Å². The van der Waals surface area contributed by atoms with Crippen molar-refractivity contribution in [3.8, 4) is 0 Å². The molecule has 0 amide bonds. The molecule has 3 heterocycles. The molecule has 3 rings (SSSR count). The number of fused-ring (bicyclic) bond motifs is 1. The number of aromatic nitrogens is 2. The fourth-order valence-electron chi connectivity index (χ4n) is 2.57. The molecule has 2 aromatic heterocycles. The van der Waals surface area contributed by atoms with Crippen molar-refractivity contribution in [3.63, 3.8) is 0 Å². The van der Waals surface area contributed by atoms with Gasteiger partial charge in [-0.05, 0) is 37.7 Å². The number of likely N-dealkylation sites (tertiary alicyclic amines) is 1. The van der Waals surface area contributed by atoms with Crippen LogP contribution in [0.25, 0.3) is 11.0 Å². The summed E-state index contributed by atoms with van der Waals surface area (Å²) in [6.07, 6.45) is 3.11. The summed E-state index contributed by atoms with van der Waals surface area (Å²) < 4.78 is 0. The second-order valence-corrected chi connectivity index (χ2v) is 4.54. The molecular weight excluding hydrogens is 198 g/mol. The number of pyridine rings is 1. The second kappa shape index (κ2) is 3.91. The molecule has 1 aliphatic heterocycles. The maximum Gasteiger partial charge on any atom is 0.137 e. The summed E-state index contributed by atoms with van der Waals surface area (Å²) in [7, 11) is 0. The van der Waals surface area contributed by atoms with Crippen LogP contribution < -0.4 is 0 Å².